The van der Waals surface area contributed by atoms with Crippen LogP contribution < -0.4 is 5.32 Å². The van der Waals surface area contributed by atoms with E-state index in [1.807, 2.05) is 12.4 Å². The van der Waals surface area contributed by atoms with Crippen LogP contribution in [0.5, 0.6) is 0 Å². The van der Waals surface area contributed by atoms with Crippen LogP contribution in [0, 0.1) is 17.3 Å². The highest BCUT2D eigenvalue weighted by Gasteiger charge is 2.09. The zero-order chi connectivity index (χ0) is 16.2. The lowest BCUT2D eigenvalue weighted by Crippen LogP contribution is -2.12. The highest BCUT2D eigenvalue weighted by atomic mass is 32.2. The average molecular weight is 326 g/mol. The van der Waals surface area contributed by atoms with Crippen molar-refractivity contribution in [2.45, 2.75) is 0 Å². The molecule has 0 radical (unpaired) electrons. The zero-order valence-corrected chi connectivity index (χ0v) is 12.9. The fourth-order valence-corrected chi connectivity index (χ4v) is 2.34. The lowest BCUT2D eigenvalue weighted by atomic mass is 10.2. The number of thioether (sulfide) groups is 1. The number of rotatable bonds is 2. The number of benzene rings is 2. The zero-order valence-electron chi connectivity index (χ0n) is 12.1. The molecule has 7 heteroatoms. The van der Waals surface area contributed by atoms with E-state index < -0.39 is 0 Å². The van der Waals surface area contributed by atoms with Gasteiger partial charge in [0.2, 0.25) is 5.89 Å². The van der Waals surface area contributed by atoms with E-state index in [4.69, 9.17) is 9.68 Å². The summed E-state index contributed by atoms with van der Waals surface area (Å²) < 4.78 is 18.7. The van der Waals surface area contributed by atoms with Gasteiger partial charge in [0.15, 0.2) is 16.9 Å². The minimum absolute atomic E-state index is 0.309. The summed E-state index contributed by atoms with van der Waals surface area (Å²) in [7, 11) is 0. The first-order valence-electron chi connectivity index (χ1n) is 6.64. The molecule has 0 aliphatic rings. The largest absolute Gasteiger partial charge is 0.436 e. The molecule has 0 fully saturated rings. The van der Waals surface area contributed by atoms with Crippen LogP contribution in [-0.4, -0.2) is 16.4 Å². The molecule has 2 aromatic carbocycles. The van der Waals surface area contributed by atoms with Gasteiger partial charge in [0, 0.05) is 5.56 Å². The molecule has 0 unspecified atom stereocenters. The number of amidine groups is 1. The molecule has 0 aliphatic heterocycles. The van der Waals surface area contributed by atoms with Gasteiger partial charge in [0.25, 0.3) is 0 Å². The summed E-state index contributed by atoms with van der Waals surface area (Å²) in [6, 6.07) is 11.2. The van der Waals surface area contributed by atoms with Gasteiger partial charge in [-0.3, -0.25) is 5.32 Å². The van der Waals surface area contributed by atoms with E-state index in [0.29, 0.717) is 33.4 Å². The molecule has 0 aliphatic carbocycles. The highest BCUT2D eigenvalue weighted by Crippen LogP contribution is 2.27. The number of aliphatic imine (C=N–C) groups is 1. The van der Waals surface area contributed by atoms with Crippen molar-refractivity contribution in [3.05, 3.63) is 48.3 Å². The Morgan fingerprint density at radius 2 is 2.09 bits per heavy atom. The average Bonchev–Trinajstić information content (AvgIpc) is 2.98. The van der Waals surface area contributed by atoms with Crippen LogP contribution in [0.25, 0.3) is 22.6 Å². The molecule has 1 N–H and O–H groups in total. The minimum Gasteiger partial charge on any atom is -0.436 e. The second-order valence-electron chi connectivity index (χ2n) is 4.54. The minimum atomic E-state index is -0.309. The van der Waals surface area contributed by atoms with E-state index in [-0.39, 0.29) is 5.82 Å². The molecule has 0 saturated carbocycles. The number of oxazole rings is 1. The third-order valence-corrected chi connectivity index (χ3v) is 3.63. The molecule has 0 spiro atoms. The molecule has 3 rings (SSSR count). The maximum Gasteiger partial charge on any atom is 0.227 e. The topological polar surface area (TPSA) is 74.2 Å². The molecule has 23 heavy (non-hydrogen) atoms. The number of nitrogens with one attached hydrogen (secondary N) is 1. The number of fused-ring (bicyclic) bond motifs is 1. The first kappa shape index (κ1) is 15.1. The molecule has 114 valence electrons. The summed E-state index contributed by atoms with van der Waals surface area (Å²) in [6.45, 7) is 0. The molecule has 1 aromatic heterocycles. The third kappa shape index (κ3) is 3.33. The quantitative estimate of drug-likeness (QED) is 0.333. The molecular formula is C16H11FN4OS. The number of hydrogen-bond donors (Lipinski definition) is 1. The van der Waals surface area contributed by atoms with Crippen molar-refractivity contribution < 1.29 is 8.81 Å². The Hall–Kier alpha value is -2.85. The summed E-state index contributed by atoms with van der Waals surface area (Å²) in [5.41, 5.74) is 2.61. The maximum absolute atomic E-state index is 13.0. The van der Waals surface area contributed by atoms with Crippen molar-refractivity contribution >= 4 is 33.7 Å². The number of nitriles is 1. The van der Waals surface area contributed by atoms with Gasteiger partial charge in [-0.05, 0) is 48.7 Å². The number of aromatic nitrogens is 1. The Labute approximate surface area is 135 Å². The first-order chi connectivity index (χ1) is 11.2. The van der Waals surface area contributed by atoms with Crippen LogP contribution in [0.15, 0.2) is 51.9 Å². The van der Waals surface area contributed by atoms with Crippen LogP contribution in [0.3, 0.4) is 0 Å². The van der Waals surface area contributed by atoms with Crippen molar-refractivity contribution in [3.8, 4) is 17.6 Å². The van der Waals surface area contributed by atoms with Gasteiger partial charge in [-0.1, -0.05) is 11.8 Å². The summed E-state index contributed by atoms with van der Waals surface area (Å²) in [5.74, 6) is 0.109. The molecule has 0 amide bonds. The predicted molar refractivity (Wildman–Crippen MR) is 88.8 cm³/mol. The molecule has 3 aromatic rings. The van der Waals surface area contributed by atoms with Gasteiger partial charge >= 0.3 is 0 Å². The maximum atomic E-state index is 13.0. The summed E-state index contributed by atoms with van der Waals surface area (Å²) >= 11 is 1.34. The summed E-state index contributed by atoms with van der Waals surface area (Å²) in [5, 5.41) is 11.7. The van der Waals surface area contributed by atoms with Crippen LogP contribution in [-0.2, 0) is 0 Å². The lowest BCUT2D eigenvalue weighted by Gasteiger charge is -1.98. The fraction of sp³-hybridized carbons (Fsp3) is 0.0625. The van der Waals surface area contributed by atoms with E-state index in [1.165, 1.54) is 23.9 Å². The Morgan fingerprint density at radius 3 is 2.78 bits per heavy atom. The van der Waals surface area contributed by atoms with Gasteiger partial charge in [-0.25, -0.2) is 14.4 Å². The van der Waals surface area contributed by atoms with Crippen molar-refractivity contribution in [1.29, 1.82) is 5.26 Å². The van der Waals surface area contributed by atoms with E-state index in [2.05, 4.69) is 15.3 Å². The molecule has 1 heterocycles. The number of halogens is 1. The third-order valence-electron chi connectivity index (χ3n) is 3.05. The normalized spacial score (nSPS) is 11.4. The van der Waals surface area contributed by atoms with Crippen molar-refractivity contribution in [3.63, 3.8) is 0 Å². The van der Waals surface area contributed by atoms with E-state index in [9.17, 15) is 4.39 Å². The molecule has 0 bridgehead atoms. The van der Waals surface area contributed by atoms with Crippen molar-refractivity contribution in [2.75, 3.05) is 6.26 Å². The van der Waals surface area contributed by atoms with Crippen LogP contribution in [0.1, 0.15) is 0 Å². The molecule has 5 nitrogen and oxygen atoms in total. The Kier molecular flexibility index (Phi) is 4.26. The smallest absolute Gasteiger partial charge is 0.227 e. The Bertz CT molecular complexity index is 912. The molecule has 0 atom stereocenters. The summed E-state index contributed by atoms with van der Waals surface area (Å²) in [6.07, 6.45) is 3.66. The second kappa shape index (κ2) is 6.50. The first-order valence-corrected chi connectivity index (χ1v) is 7.86. The second-order valence-corrected chi connectivity index (χ2v) is 5.33. The van der Waals surface area contributed by atoms with Gasteiger partial charge in [-0.2, -0.15) is 5.26 Å². The van der Waals surface area contributed by atoms with Crippen LogP contribution in [0.4, 0.5) is 10.1 Å². The van der Waals surface area contributed by atoms with Gasteiger partial charge in [0.1, 0.15) is 11.3 Å². The van der Waals surface area contributed by atoms with Gasteiger partial charge in [0.05, 0.1) is 5.69 Å². The van der Waals surface area contributed by atoms with E-state index >= 15 is 0 Å². The van der Waals surface area contributed by atoms with Crippen LogP contribution in [0.2, 0.25) is 0 Å². The number of nitrogens with zero attached hydrogens (tertiary/aromatic N) is 3. The molecular weight excluding hydrogens is 315 g/mol. The fourth-order valence-electron chi connectivity index (χ4n) is 1.99. The lowest BCUT2D eigenvalue weighted by molar-refractivity contribution is 0.616. The van der Waals surface area contributed by atoms with Gasteiger partial charge < -0.3 is 4.42 Å². The summed E-state index contributed by atoms with van der Waals surface area (Å²) in [4.78, 5) is 8.73. The van der Waals surface area contributed by atoms with Gasteiger partial charge in [-0.15, -0.1) is 0 Å². The molecule has 0 saturated heterocycles. The monoisotopic (exact) mass is 326 g/mol. The SMILES string of the molecule is CSC(=Nc1ccc2oc(-c3ccc(F)cc3)nc2c1)NC#N. The Balaban J connectivity index is 1.98. The van der Waals surface area contributed by atoms with E-state index in [1.54, 1.807) is 30.3 Å². The Morgan fingerprint density at radius 1 is 1.30 bits per heavy atom. The predicted octanol–water partition coefficient (Wildman–Crippen LogP) is 4.06. The standard InChI is InChI=1S/C16H11FN4OS/c1-23-16(19-9-18)20-12-6-7-14-13(8-12)21-15(22-14)10-2-4-11(17)5-3-10/h2-8H,1H3,(H,19,20). The van der Waals surface area contributed by atoms with E-state index in [0.717, 1.165) is 0 Å². The van der Waals surface area contributed by atoms with Crippen molar-refractivity contribution in [1.82, 2.24) is 10.3 Å². The van der Waals surface area contributed by atoms with Crippen molar-refractivity contribution in [2.24, 2.45) is 4.99 Å². The number of hydrogen-bond acceptors (Lipinski definition) is 5. The van der Waals surface area contributed by atoms with Crippen LogP contribution >= 0.6 is 11.8 Å². The highest BCUT2D eigenvalue weighted by molar-refractivity contribution is 8.13.